The number of thiocarbonyl (C=S) groups is 1. The SMILES string of the molecule is Cc1cc([C@H]2[C@@H](c3ccccn3)NC(=S)N2c2cc(Cl)ccc2O)c(C)n1CCCN1CCOCC1. The molecule has 190 valence electrons. The van der Waals surface area contributed by atoms with Gasteiger partial charge in [-0.15, -0.1) is 0 Å². The Labute approximate surface area is 222 Å². The number of nitrogens with zero attached hydrogens (tertiary/aromatic N) is 4. The molecule has 2 fully saturated rings. The number of anilines is 1. The zero-order valence-corrected chi connectivity index (χ0v) is 22.2. The van der Waals surface area contributed by atoms with Gasteiger partial charge in [-0.2, -0.15) is 0 Å². The van der Waals surface area contributed by atoms with Crippen LogP contribution in [0.3, 0.4) is 0 Å². The van der Waals surface area contributed by atoms with Gasteiger partial charge in [0.15, 0.2) is 5.11 Å². The van der Waals surface area contributed by atoms with Crippen molar-refractivity contribution in [3.8, 4) is 5.75 Å². The van der Waals surface area contributed by atoms with E-state index in [9.17, 15) is 5.11 Å². The van der Waals surface area contributed by atoms with Gasteiger partial charge in [-0.3, -0.25) is 9.88 Å². The Hall–Kier alpha value is -2.65. The summed E-state index contributed by atoms with van der Waals surface area (Å²) in [6, 6.07) is 12.8. The maximum atomic E-state index is 10.8. The van der Waals surface area contributed by atoms with Crippen molar-refractivity contribution in [2.45, 2.75) is 38.9 Å². The number of hydrogen-bond donors (Lipinski definition) is 2. The molecule has 1 aromatic carbocycles. The predicted molar refractivity (Wildman–Crippen MR) is 147 cm³/mol. The molecule has 0 saturated carbocycles. The first-order valence-corrected chi connectivity index (χ1v) is 13.2. The Kier molecular flexibility index (Phi) is 7.48. The van der Waals surface area contributed by atoms with Crippen LogP contribution in [0, 0.1) is 13.8 Å². The summed E-state index contributed by atoms with van der Waals surface area (Å²) >= 11 is 12.2. The minimum Gasteiger partial charge on any atom is -0.506 e. The fourth-order valence-electron chi connectivity index (χ4n) is 5.37. The summed E-state index contributed by atoms with van der Waals surface area (Å²) in [4.78, 5) is 9.09. The summed E-state index contributed by atoms with van der Waals surface area (Å²) < 4.78 is 7.87. The Morgan fingerprint density at radius 3 is 2.69 bits per heavy atom. The van der Waals surface area contributed by atoms with Crippen molar-refractivity contribution in [3.63, 3.8) is 0 Å². The number of hydrogen-bond acceptors (Lipinski definition) is 5. The molecule has 2 atom stereocenters. The highest BCUT2D eigenvalue weighted by molar-refractivity contribution is 7.80. The minimum absolute atomic E-state index is 0.134. The van der Waals surface area contributed by atoms with E-state index in [0.717, 1.165) is 57.1 Å². The highest BCUT2D eigenvalue weighted by atomic mass is 35.5. The van der Waals surface area contributed by atoms with E-state index < -0.39 is 0 Å². The van der Waals surface area contributed by atoms with Crippen LogP contribution in [0.1, 0.15) is 41.1 Å². The molecule has 9 heteroatoms. The third-order valence-electron chi connectivity index (χ3n) is 7.19. The van der Waals surface area contributed by atoms with Gasteiger partial charge in [0.25, 0.3) is 0 Å². The standard InChI is InChI=1S/C27H32ClN5O2S/c1-18-16-21(19(2)32(18)11-5-10-31-12-14-35-15-13-31)26-25(22-6-3-4-9-29-22)30-27(36)33(26)23-17-20(28)7-8-24(23)34/h3-4,6-9,16-17,25-26,34H,5,10-15H2,1-2H3,(H,30,36)/t25-,26+/m1/s1. The molecule has 2 aliphatic rings. The third-order valence-corrected chi connectivity index (χ3v) is 7.74. The van der Waals surface area contributed by atoms with Gasteiger partial charge < -0.3 is 24.6 Å². The molecule has 2 saturated heterocycles. The van der Waals surface area contributed by atoms with Crippen LogP contribution in [0.25, 0.3) is 0 Å². The van der Waals surface area contributed by atoms with Crippen molar-refractivity contribution in [2.24, 2.45) is 0 Å². The molecule has 0 amide bonds. The summed E-state index contributed by atoms with van der Waals surface area (Å²) in [5.74, 6) is 0.134. The zero-order chi connectivity index (χ0) is 25.2. The molecule has 36 heavy (non-hydrogen) atoms. The van der Waals surface area contributed by atoms with Crippen molar-refractivity contribution < 1.29 is 9.84 Å². The van der Waals surface area contributed by atoms with E-state index in [-0.39, 0.29) is 17.8 Å². The molecule has 4 heterocycles. The Morgan fingerprint density at radius 1 is 1.14 bits per heavy atom. The third kappa shape index (κ3) is 4.95. The normalized spacial score (nSPS) is 20.6. The predicted octanol–water partition coefficient (Wildman–Crippen LogP) is 4.76. The van der Waals surface area contributed by atoms with Gasteiger partial charge in [-0.25, -0.2) is 0 Å². The largest absolute Gasteiger partial charge is 0.506 e. The number of aryl methyl sites for hydroxylation is 1. The number of halogens is 1. The summed E-state index contributed by atoms with van der Waals surface area (Å²) in [6.07, 6.45) is 2.87. The number of phenols is 1. The fraction of sp³-hybridized carbons (Fsp3) is 0.407. The van der Waals surface area contributed by atoms with Crippen molar-refractivity contribution in [1.82, 2.24) is 19.8 Å². The van der Waals surface area contributed by atoms with Gasteiger partial charge >= 0.3 is 0 Å². The first kappa shape index (κ1) is 25.0. The topological polar surface area (TPSA) is 65.8 Å². The van der Waals surface area contributed by atoms with Crippen molar-refractivity contribution in [1.29, 1.82) is 0 Å². The second-order valence-electron chi connectivity index (χ2n) is 9.42. The first-order chi connectivity index (χ1) is 17.4. The van der Waals surface area contributed by atoms with Gasteiger partial charge in [0, 0.05) is 48.8 Å². The smallest absolute Gasteiger partial charge is 0.174 e. The second kappa shape index (κ2) is 10.8. The Balaban J connectivity index is 1.50. The maximum absolute atomic E-state index is 10.8. The van der Waals surface area contributed by atoms with Gasteiger partial charge in [-0.05, 0) is 74.4 Å². The van der Waals surface area contributed by atoms with E-state index in [4.69, 9.17) is 28.6 Å². The summed E-state index contributed by atoms with van der Waals surface area (Å²) in [7, 11) is 0. The van der Waals surface area contributed by atoms with Crippen molar-refractivity contribution in [3.05, 3.63) is 76.3 Å². The number of benzene rings is 1. The lowest BCUT2D eigenvalue weighted by atomic mass is 9.96. The lowest BCUT2D eigenvalue weighted by Gasteiger charge is -2.29. The van der Waals surface area contributed by atoms with Gasteiger partial charge in [0.1, 0.15) is 5.75 Å². The van der Waals surface area contributed by atoms with Crippen LogP contribution < -0.4 is 10.2 Å². The van der Waals surface area contributed by atoms with Gasteiger partial charge in [0.2, 0.25) is 0 Å². The molecule has 0 unspecified atom stereocenters. The number of morpholine rings is 1. The van der Waals surface area contributed by atoms with E-state index in [1.54, 1.807) is 24.4 Å². The Bertz CT molecular complexity index is 1230. The number of phenolic OH excluding ortho intramolecular Hbond substituents is 1. The van der Waals surface area contributed by atoms with E-state index >= 15 is 0 Å². The molecule has 3 aromatic rings. The number of aromatic nitrogens is 2. The zero-order valence-electron chi connectivity index (χ0n) is 20.7. The van der Waals surface area contributed by atoms with Crippen LogP contribution >= 0.6 is 23.8 Å². The molecular formula is C27H32ClN5O2S. The second-order valence-corrected chi connectivity index (χ2v) is 10.2. The molecule has 2 aromatic heterocycles. The highest BCUT2D eigenvalue weighted by Crippen LogP contribution is 2.46. The van der Waals surface area contributed by atoms with Crippen LogP contribution in [0.4, 0.5) is 5.69 Å². The molecular weight excluding hydrogens is 494 g/mol. The van der Waals surface area contributed by atoms with Crippen LogP contribution in [-0.4, -0.2) is 57.5 Å². The summed E-state index contributed by atoms with van der Waals surface area (Å²) in [5.41, 5.74) is 5.03. The molecule has 0 radical (unpaired) electrons. The quantitative estimate of drug-likeness (QED) is 0.431. The van der Waals surface area contributed by atoms with Gasteiger partial charge in [0.05, 0.1) is 36.7 Å². The monoisotopic (exact) mass is 525 g/mol. The molecule has 2 aliphatic heterocycles. The van der Waals surface area contributed by atoms with Crippen molar-refractivity contribution >= 4 is 34.6 Å². The first-order valence-electron chi connectivity index (χ1n) is 12.4. The number of ether oxygens (including phenoxy) is 1. The molecule has 5 rings (SSSR count). The van der Waals surface area contributed by atoms with Crippen LogP contribution in [-0.2, 0) is 11.3 Å². The minimum atomic E-state index is -0.198. The molecule has 2 N–H and O–H groups in total. The molecule has 0 aliphatic carbocycles. The average Bonchev–Trinajstić information content (AvgIpc) is 3.37. The van der Waals surface area contributed by atoms with Crippen LogP contribution in [0.5, 0.6) is 5.75 Å². The van der Waals surface area contributed by atoms with E-state index in [1.165, 1.54) is 11.4 Å². The molecule has 0 bridgehead atoms. The van der Waals surface area contributed by atoms with E-state index in [1.807, 2.05) is 23.1 Å². The van der Waals surface area contributed by atoms with Crippen LogP contribution in [0.2, 0.25) is 5.02 Å². The molecule has 7 nitrogen and oxygen atoms in total. The summed E-state index contributed by atoms with van der Waals surface area (Å²) in [5, 5.41) is 15.3. The van der Waals surface area contributed by atoms with E-state index in [0.29, 0.717) is 15.8 Å². The van der Waals surface area contributed by atoms with Crippen molar-refractivity contribution in [2.75, 3.05) is 37.7 Å². The molecule has 0 spiro atoms. The summed E-state index contributed by atoms with van der Waals surface area (Å²) in [6.45, 7) is 9.98. The average molecular weight is 526 g/mol. The van der Waals surface area contributed by atoms with E-state index in [2.05, 4.69) is 39.7 Å². The number of rotatable bonds is 7. The van der Waals surface area contributed by atoms with Crippen LogP contribution in [0.15, 0.2) is 48.7 Å². The lowest BCUT2D eigenvalue weighted by Crippen LogP contribution is -2.37. The lowest BCUT2D eigenvalue weighted by molar-refractivity contribution is 0.0369. The number of pyridine rings is 1. The number of aromatic hydroxyl groups is 1. The number of nitrogens with one attached hydrogen (secondary N) is 1. The fourth-order valence-corrected chi connectivity index (χ4v) is 5.87. The Morgan fingerprint density at radius 2 is 1.94 bits per heavy atom. The maximum Gasteiger partial charge on any atom is 0.174 e. The highest BCUT2D eigenvalue weighted by Gasteiger charge is 2.43. The van der Waals surface area contributed by atoms with Gasteiger partial charge in [-0.1, -0.05) is 17.7 Å².